The van der Waals surface area contributed by atoms with Crippen LogP contribution in [0.1, 0.15) is 37.2 Å². The van der Waals surface area contributed by atoms with Gasteiger partial charge in [-0.25, -0.2) is 0 Å². The standard InChI is InChI=1S/C15H19N/c1-2-6-12(7-3-1)15-11-16-10-13-8-4-5-9-14(13)15/h1-3,6-7,15-16H,4-5,8-11H2. The van der Waals surface area contributed by atoms with Crippen LogP contribution in [0.5, 0.6) is 0 Å². The fraction of sp³-hybridized carbons (Fsp3) is 0.467. The topological polar surface area (TPSA) is 12.0 Å². The summed E-state index contributed by atoms with van der Waals surface area (Å²) >= 11 is 0. The van der Waals surface area contributed by atoms with E-state index in [-0.39, 0.29) is 0 Å². The van der Waals surface area contributed by atoms with Gasteiger partial charge in [-0.15, -0.1) is 0 Å². The first kappa shape index (κ1) is 10.1. The van der Waals surface area contributed by atoms with Crippen molar-refractivity contribution in [3.8, 4) is 0 Å². The molecule has 1 heteroatoms. The Hall–Kier alpha value is -1.08. The summed E-state index contributed by atoms with van der Waals surface area (Å²) in [7, 11) is 0. The van der Waals surface area contributed by atoms with Crippen LogP contribution < -0.4 is 5.32 Å². The van der Waals surface area contributed by atoms with Crippen molar-refractivity contribution in [2.24, 2.45) is 0 Å². The van der Waals surface area contributed by atoms with Crippen molar-refractivity contribution in [3.63, 3.8) is 0 Å². The summed E-state index contributed by atoms with van der Waals surface area (Å²) in [4.78, 5) is 0. The monoisotopic (exact) mass is 213 g/mol. The maximum absolute atomic E-state index is 3.57. The van der Waals surface area contributed by atoms with Gasteiger partial charge in [0.05, 0.1) is 0 Å². The number of nitrogens with one attached hydrogen (secondary N) is 1. The van der Waals surface area contributed by atoms with E-state index in [0.717, 1.165) is 13.1 Å². The minimum Gasteiger partial charge on any atom is -0.312 e. The highest BCUT2D eigenvalue weighted by molar-refractivity contribution is 5.36. The van der Waals surface area contributed by atoms with Gasteiger partial charge in [0.1, 0.15) is 0 Å². The summed E-state index contributed by atoms with van der Waals surface area (Å²) < 4.78 is 0. The number of hydrogen-bond donors (Lipinski definition) is 1. The molecule has 1 aliphatic carbocycles. The normalized spacial score (nSPS) is 25.4. The van der Waals surface area contributed by atoms with Crippen molar-refractivity contribution in [2.75, 3.05) is 13.1 Å². The molecule has 1 aliphatic heterocycles. The van der Waals surface area contributed by atoms with Crippen molar-refractivity contribution in [2.45, 2.75) is 31.6 Å². The third kappa shape index (κ3) is 1.80. The Morgan fingerprint density at radius 1 is 1.00 bits per heavy atom. The van der Waals surface area contributed by atoms with Gasteiger partial charge in [-0.2, -0.15) is 0 Å². The van der Waals surface area contributed by atoms with E-state index in [1.165, 1.54) is 31.2 Å². The quantitative estimate of drug-likeness (QED) is 0.706. The van der Waals surface area contributed by atoms with E-state index in [1.807, 2.05) is 0 Å². The molecule has 1 unspecified atom stereocenters. The van der Waals surface area contributed by atoms with Crippen LogP contribution in [0.25, 0.3) is 0 Å². The Labute approximate surface area is 97.6 Å². The second-order valence-electron chi connectivity index (χ2n) is 4.93. The lowest BCUT2D eigenvalue weighted by Gasteiger charge is -2.33. The molecule has 0 aromatic heterocycles. The molecule has 0 amide bonds. The maximum atomic E-state index is 3.57. The fourth-order valence-electron chi connectivity index (χ4n) is 3.11. The van der Waals surface area contributed by atoms with Gasteiger partial charge in [0.15, 0.2) is 0 Å². The molecule has 1 N–H and O–H groups in total. The van der Waals surface area contributed by atoms with Gasteiger partial charge in [0.2, 0.25) is 0 Å². The summed E-state index contributed by atoms with van der Waals surface area (Å²) in [6.07, 6.45) is 5.44. The predicted molar refractivity (Wildman–Crippen MR) is 67.5 cm³/mol. The fourth-order valence-corrected chi connectivity index (χ4v) is 3.11. The molecule has 3 rings (SSSR count). The van der Waals surface area contributed by atoms with E-state index in [2.05, 4.69) is 35.6 Å². The van der Waals surface area contributed by atoms with Crippen molar-refractivity contribution >= 4 is 0 Å². The highest BCUT2D eigenvalue weighted by atomic mass is 14.9. The molecule has 2 aliphatic rings. The predicted octanol–water partition coefficient (Wildman–Crippen LogP) is 3.24. The summed E-state index contributed by atoms with van der Waals surface area (Å²) in [6.45, 7) is 2.27. The van der Waals surface area contributed by atoms with Gasteiger partial charge < -0.3 is 5.32 Å². The molecule has 1 aromatic rings. The first-order valence-electron chi connectivity index (χ1n) is 6.41. The number of benzene rings is 1. The summed E-state index contributed by atoms with van der Waals surface area (Å²) in [6, 6.07) is 11.0. The molecule has 1 aromatic carbocycles. The largest absolute Gasteiger partial charge is 0.312 e. The number of hydrogen-bond acceptors (Lipinski definition) is 1. The van der Waals surface area contributed by atoms with Gasteiger partial charge in [-0.1, -0.05) is 41.5 Å². The minimum atomic E-state index is 0.644. The third-order valence-electron chi connectivity index (χ3n) is 3.94. The zero-order valence-corrected chi connectivity index (χ0v) is 9.71. The molecule has 0 fully saturated rings. The highest BCUT2D eigenvalue weighted by Gasteiger charge is 2.25. The average Bonchev–Trinajstić information content (AvgIpc) is 2.39. The Morgan fingerprint density at radius 3 is 2.69 bits per heavy atom. The molecule has 0 saturated heterocycles. The summed E-state index contributed by atoms with van der Waals surface area (Å²) in [5, 5.41) is 3.57. The van der Waals surface area contributed by atoms with Crippen LogP contribution in [0.2, 0.25) is 0 Å². The zero-order valence-electron chi connectivity index (χ0n) is 9.71. The molecule has 0 spiro atoms. The smallest absolute Gasteiger partial charge is 0.0176 e. The van der Waals surface area contributed by atoms with Crippen LogP contribution in [-0.4, -0.2) is 13.1 Å². The molecule has 84 valence electrons. The van der Waals surface area contributed by atoms with E-state index in [0.29, 0.717) is 5.92 Å². The Kier molecular flexibility index (Phi) is 2.79. The van der Waals surface area contributed by atoms with E-state index in [4.69, 9.17) is 0 Å². The lowest BCUT2D eigenvalue weighted by Crippen LogP contribution is -2.32. The van der Waals surface area contributed by atoms with Crippen molar-refractivity contribution in [1.82, 2.24) is 5.32 Å². The molecule has 16 heavy (non-hydrogen) atoms. The average molecular weight is 213 g/mol. The van der Waals surface area contributed by atoms with Crippen molar-refractivity contribution < 1.29 is 0 Å². The van der Waals surface area contributed by atoms with E-state index in [1.54, 1.807) is 11.1 Å². The SMILES string of the molecule is c1ccc(C2CNCC3=C2CCCC3)cc1. The maximum Gasteiger partial charge on any atom is 0.0176 e. The first-order chi connectivity index (χ1) is 7.95. The molecular formula is C15H19N. The Bertz CT molecular complexity index is 387. The Morgan fingerprint density at radius 2 is 1.81 bits per heavy atom. The van der Waals surface area contributed by atoms with Crippen LogP contribution in [0.15, 0.2) is 41.5 Å². The lowest BCUT2D eigenvalue weighted by atomic mass is 9.78. The highest BCUT2D eigenvalue weighted by Crippen LogP contribution is 2.37. The molecule has 0 saturated carbocycles. The van der Waals surface area contributed by atoms with Gasteiger partial charge >= 0.3 is 0 Å². The van der Waals surface area contributed by atoms with E-state index in [9.17, 15) is 0 Å². The molecular weight excluding hydrogens is 194 g/mol. The number of rotatable bonds is 1. The minimum absolute atomic E-state index is 0.644. The van der Waals surface area contributed by atoms with E-state index < -0.39 is 0 Å². The van der Waals surface area contributed by atoms with Crippen LogP contribution in [0, 0.1) is 0 Å². The molecule has 1 atom stereocenters. The van der Waals surface area contributed by atoms with Crippen LogP contribution >= 0.6 is 0 Å². The van der Waals surface area contributed by atoms with Gasteiger partial charge in [-0.05, 0) is 31.2 Å². The molecule has 1 heterocycles. The summed E-state index contributed by atoms with van der Waals surface area (Å²) in [5.41, 5.74) is 4.94. The third-order valence-corrected chi connectivity index (χ3v) is 3.94. The van der Waals surface area contributed by atoms with E-state index >= 15 is 0 Å². The second-order valence-corrected chi connectivity index (χ2v) is 4.93. The molecule has 1 nitrogen and oxygen atoms in total. The van der Waals surface area contributed by atoms with Crippen molar-refractivity contribution in [1.29, 1.82) is 0 Å². The molecule has 0 bridgehead atoms. The van der Waals surface area contributed by atoms with Crippen molar-refractivity contribution in [3.05, 3.63) is 47.0 Å². The van der Waals surface area contributed by atoms with Gasteiger partial charge in [0.25, 0.3) is 0 Å². The van der Waals surface area contributed by atoms with Gasteiger partial charge in [0, 0.05) is 19.0 Å². The molecule has 0 radical (unpaired) electrons. The second kappa shape index (κ2) is 4.42. The zero-order chi connectivity index (χ0) is 10.8. The van der Waals surface area contributed by atoms with Crippen LogP contribution in [-0.2, 0) is 0 Å². The lowest BCUT2D eigenvalue weighted by molar-refractivity contribution is 0.527. The van der Waals surface area contributed by atoms with Crippen LogP contribution in [0.3, 0.4) is 0 Å². The first-order valence-corrected chi connectivity index (χ1v) is 6.41. The van der Waals surface area contributed by atoms with Crippen LogP contribution in [0.4, 0.5) is 0 Å². The summed E-state index contributed by atoms with van der Waals surface area (Å²) in [5.74, 6) is 0.644. The Balaban J connectivity index is 1.95. The van der Waals surface area contributed by atoms with Gasteiger partial charge in [-0.3, -0.25) is 0 Å².